The summed E-state index contributed by atoms with van der Waals surface area (Å²) < 4.78 is 28.9. The van der Waals surface area contributed by atoms with Crippen LogP contribution in [-0.2, 0) is 21.4 Å². The van der Waals surface area contributed by atoms with Crippen molar-refractivity contribution in [3.05, 3.63) is 64.0 Å². The SMILES string of the molecule is CON(C)C(=O)c1sc(-c2ccc(Cl)cc2)c(CN(C)C)c1-c1ccc(S(=O)(=O)N=CN(C)C)cc1. The van der Waals surface area contributed by atoms with Crippen molar-refractivity contribution in [2.75, 3.05) is 42.3 Å². The summed E-state index contributed by atoms with van der Waals surface area (Å²) in [6, 6.07) is 13.9. The highest BCUT2D eigenvalue weighted by Crippen LogP contribution is 2.44. The van der Waals surface area contributed by atoms with Gasteiger partial charge in [-0.2, -0.15) is 8.42 Å². The van der Waals surface area contributed by atoms with E-state index in [1.54, 1.807) is 38.2 Å². The second-order valence-corrected chi connectivity index (χ2v) is 11.6. The van der Waals surface area contributed by atoms with Gasteiger partial charge in [-0.1, -0.05) is 35.9 Å². The van der Waals surface area contributed by atoms with Gasteiger partial charge in [0.1, 0.15) is 11.2 Å². The van der Waals surface area contributed by atoms with Gasteiger partial charge in [0, 0.05) is 43.2 Å². The third-order valence-electron chi connectivity index (χ3n) is 5.20. The van der Waals surface area contributed by atoms with Gasteiger partial charge < -0.3 is 9.80 Å². The Morgan fingerprint density at radius 3 is 2.11 bits per heavy atom. The van der Waals surface area contributed by atoms with Gasteiger partial charge in [-0.3, -0.25) is 9.63 Å². The molecule has 0 aliphatic heterocycles. The number of sulfonamides is 1. The van der Waals surface area contributed by atoms with Crippen molar-refractivity contribution in [3.8, 4) is 21.6 Å². The fourth-order valence-corrected chi connectivity index (χ4v) is 5.81. The number of amides is 1. The fourth-order valence-electron chi connectivity index (χ4n) is 3.46. The molecule has 2 aromatic carbocycles. The monoisotopic (exact) mass is 548 g/mol. The zero-order valence-corrected chi connectivity index (χ0v) is 23.4. The second-order valence-electron chi connectivity index (χ2n) is 8.53. The number of rotatable bonds is 9. The molecule has 192 valence electrons. The third-order valence-corrected chi connectivity index (χ3v) is 7.96. The molecule has 3 rings (SSSR count). The highest BCUT2D eigenvalue weighted by atomic mass is 35.5. The van der Waals surface area contributed by atoms with E-state index in [0.717, 1.165) is 21.6 Å². The maximum atomic E-state index is 13.3. The van der Waals surface area contributed by atoms with Crippen LogP contribution in [0.25, 0.3) is 21.6 Å². The zero-order chi connectivity index (χ0) is 26.6. The number of benzene rings is 2. The molecule has 1 heterocycles. The Hall–Kier alpha value is -2.76. The Morgan fingerprint density at radius 2 is 1.58 bits per heavy atom. The molecule has 36 heavy (non-hydrogen) atoms. The van der Waals surface area contributed by atoms with Crippen LogP contribution in [-0.4, -0.2) is 77.9 Å². The lowest BCUT2D eigenvalue weighted by atomic mass is 9.97. The van der Waals surface area contributed by atoms with Crippen molar-refractivity contribution in [2.45, 2.75) is 11.4 Å². The first-order chi connectivity index (χ1) is 16.9. The maximum Gasteiger partial charge on any atom is 0.287 e. The molecule has 0 aliphatic carbocycles. The van der Waals surface area contributed by atoms with Crippen molar-refractivity contribution in [2.24, 2.45) is 4.40 Å². The van der Waals surface area contributed by atoms with E-state index < -0.39 is 10.0 Å². The summed E-state index contributed by atoms with van der Waals surface area (Å²) >= 11 is 7.48. The smallest absolute Gasteiger partial charge is 0.287 e. The lowest BCUT2D eigenvalue weighted by molar-refractivity contribution is -0.0753. The molecule has 1 amide bonds. The standard InChI is InChI=1S/C25H29ClN4O4S2/c1-28(2)15-21-22(17-9-13-20(14-10-17)36(32,33)27-16-29(3)4)24(25(31)30(5)34-6)35-23(21)18-7-11-19(26)12-8-18/h7-14,16H,15H2,1-6H3. The molecule has 0 unspecified atom stereocenters. The van der Waals surface area contributed by atoms with Crippen molar-refractivity contribution in [3.63, 3.8) is 0 Å². The topological polar surface area (TPSA) is 82.5 Å². The molecule has 0 atom stereocenters. The number of halogens is 1. The number of hydroxylamine groups is 2. The molecule has 8 nitrogen and oxygen atoms in total. The number of hydrogen-bond acceptors (Lipinski definition) is 6. The van der Waals surface area contributed by atoms with Gasteiger partial charge in [-0.05, 0) is 55.1 Å². The number of carbonyl (C=O) groups excluding carboxylic acids is 1. The summed E-state index contributed by atoms with van der Waals surface area (Å²) in [4.78, 5) is 23.6. The summed E-state index contributed by atoms with van der Waals surface area (Å²) in [6.07, 6.45) is 1.24. The number of carbonyl (C=O) groups is 1. The van der Waals surface area contributed by atoms with Gasteiger partial charge in [-0.25, -0.2) is 5.06 Å². The fraction of sp³-hybridized carbons (Fsp3) is 0.280. The lowest BCUT2D eigenvalue weighted by Crippen LogP contribution is -2.25. The highest BCUT2D eigenvalue weighted by molar-refractivity contribution is 7.90. The number of thiophene rings is 1. The van der Waals surface area contributed by atoms with E-state index in [9.17, 15) is 13.2 Å². The third kappa shape index (κ3) is 6.32. The van der Waals surface area contributed by atoms with Crippen molar-refractivity contribution in [1.29, 1.82) is 0 Å². The van der Waals surface area contributed by atoms with E-state index in [2.05, 4.69) is 4.40 Å². The molecular weight excluding hydrogens is 520 g/mol. The maximum absolute atomic E-state index is 13.3. The van der Waals surface area contributed by atoms with Crippen molar-refractivity contribution >= 4 is 45.2 Å². The minimum atomic E-state index is -3.85. The van der Waals surface area contributed by atoms with Crippen LogP contribution >= 0.6 is 22.9 Å². The van der Waals surface area contributed by atoms with Gasteiger partial charge in [0.25, 0.3) is 15.9 Å². The Bertz CT molecular complexity index is 1350. The van der Waals surface area contributed by atoms with E-state index in [1.807, 2.05) is 43.3 Å². The highest BCUT2D eigenvalue weighted by Gasteiger charge is 2.27. The molecule has 0 fully saturated rings. The molecule has 1 aromatic heterocycles. The first-order valence-corrected chi connectivity index (χ1v) is 13.5. The van der Waals surface area contributed by atoms with Crippen LogP contribution in [0.2, 0.25) is 5.02 Å². The number of nitrogens with zero attached hydrogens (tertiary/aromatic N) is 4. The summed E-state index contributed by atoms with van der Waals surface area (Å²) in [5.41, 5.74) is 3.32. The predicted molar refractivity (Wildman–Crippen MR) is 146 cm³/mol. The Labute approximate surface area is 221 Å². The largest absolute Gasteiger partial charge is 0.368 e. The second kappa shape index (κ2) is 11.5. The predicted octanol–water partition coefficient (Wildman–Crippen LogP) is 4.71. The Morgan fingerprint density at radius 1 is 1.00 bits per heavy atom. The quantitative estimate of drug-likeness (QED) is 0.219. The van der Waals surface area contributed by atoms with E-state index in [0.29, 0.717) is 22.0 Å². The Balaban J connectivity index is 2.23. The van der Waals surface area contributed by atoms with Gasteiger partial charge in [0.15, 0.2) is 0 Å². The number of hydrogen-bond donors (Lipinski definition) is 0. The first kappa shape index (κ1) is 27.8. The molecule has 0 spiro atoms. The van der Waals surface area contributed by atoms with Crippen LogP contribution in [0.5, 0.6) is 0 Å². The Kier molecular flexibility index (Phi) is 8.91. The molecule has 0 N–H and O–H groups in total. The summed E-state index contributed by atoms with van der Waals surface area (Å²) in [5.74, 6) is -0.301. The van der Waals surface area contributed by atoms with Crippen LogP contribution in [0.1, 0.15) is 15.2 Å². The first-order valence-electron chi connectivity index (χ1n) is 10.9. The van der Waals surface area contributed by atoms with E-state index in [1.165, 1.54) is 42.0 Å². The molecule has 0 radical (unpaired) electrons. The van der Waals surface area contributed by atoms with Crippen LogP contribution in [0.4, 0.5) is 0 Å². The van der Waals surface area contributed by atoms with Crippen LogP contribution in [0.3, 0.4) is 0 Å². The average molecular weight is 549 g/mol. The summed E-state index contributed by atoms with van der Waals surface area (Å²) in [7, 11) is 6.42. The minimum Gasteiger partial charge on any atom is -0.368 e. The zero-order valence-electron chi connectivity index (χ0n) is 21.0. The van der Waals surface area contributed by atoms with Crippen molar-refractivity contribution < 1.29 is 18.0 Å². The van der Waals surface area contributed by atoms with Gasteiger partial charge in [-0.15, -0.1) is 15.7 Å². The van der Waals surface area contributed by atoms with Crippen LogP contribution in [0.15, 0.2) is 57.8 Å². The van der Waals surface area contributed by atoms with E-state index in [4.69, 9.17) is 16.4 Å². The molecule has 0 saturated carbocycles. The lowest BCUT2D eigenvalue weighted by Gasteiger charge is -2.16. The van der Waals surface area contributed by atoms with Crippen molar-refractivity contribution in [1.82, 2.24) is 14.9 Å². The summed E-state index contributed by atoms with van der Waals surface area (Å²) in [6.45, 7) is 0.556. The van der Waals surface area contributed by atoms with E-state index in [-0.39, 0.29) is 10.8 Å². The van der Waals surface area contributed by atoms with Crippen LogP contribution in [0, 0.1) is 0 Å². The van der Waals surface area contributed by atoms with E-state index >= 15 is 0 Å². The molecular formula is C25H29ClN4O4S2. The molecule has 0 aliphatic rings. The molecule has 11 heteroatoms. The van der Waals surface area contributed by atoms with Crippen LogP contribution < -0.4 is 0 Å². The normalized spacial score (nSPS) is 11.9. The average Bonchev–Trinajstić information content (AvgIpc) is 3.20. The van der Waals surface area contributed by atoms with Gasteiger partial charge >= 0.3 is 0 Å². The molecule has 0 bridgehead atoms. The minimum absolute atomic E-state index is 0.0635. The van der Waals surface area contributed by atoms with Gasteiger partial charge in [0.2, 0.25) is 0 Å². The molecule has 0 saturated heterocycles. The molecule has 3 aromatic rings. The summed E-state index contributed by atoms with van der Waals surface area (Å²) in [5, 5.41) is 1.80. The van der Waals surface area contributed by atoms with Gasteiger partial charge in [0.05, 0.1) is 12.0 Å².